The Labute approximate surface area is 368 Å². The number of rotatable bonds is 7. The Morgan fingerprint density at radius 1 is 0.365 bits per heavy atom. The minimum Gasteiger partial charge on any atom is -0.455 e. The molecule has 1 heterocycles. The summed E-state index contributed by atoms with van der Waals surface area (Å²) in [6.07, 6.45) is 0. The first kappa shape index (κ1) is 36.9. The Balaban J connectivity index is 0.977. The molecule has 0 radical (unpaired) electrons. The highest BCUT2D eigenvalue weighted by Gasteiger charge is 2.35. The average Bonchev–Trinajstić information content (AvgIpc) is 3.83. The number of fused-ring (bicyclic) bond motifs is 7. The van der Waals surface area contributed by atoms with E-state index in [2.05, 4.69) is 243 Å². The summed E-state index contributed by atoms with van der Waals surface area (Å²) < 4.78 is 6.91. The van der Waals surface area contributed by atoms with Gasteiger partial charge in [0.05, 0.1) is 0 Å². The molecule has 2 heteroatoms. The molecule has 12 rings (SSSR count). The Morgan fingerprint density at radius 3 is 1.59 bits per heavy atom. The van der Waals surface area contributed by atoms with Crippen molar-refractivity contribution in [3.63, 3.8) is 0 Å². The molecule has 10 aromatic carbocycles. The molecule has 0 amide bonds. The smallest absolute Gasteiger partial charge is 0.143 e. The van der Waals surface area contributed by atoms with E-state index in [4.69, 9.17) is 4.42 Å². The van der Waals surface area contributed by atoms with Gasteiger partial charge in [-0.05, 0) is 121 Å². The van der Waals surface area contributed by atoms with Gasteiger partial charge >= 0.3 is 0 Å². The summed E-state index contributed by atoms with van der Waals surface area (Å²) in [7, 11) is 0. The normalized spacial score (nSPS) is 12.7. The second-order valence-electron chi connectivity index (χ2n) is 17.3. The molecule has 0 unspecified atom stereocenters. The first-order valence-corrected chi connectivity index (χ1v) is 21.8. The summed E-state index contributed by atoms with van der Waals surface area (Å²) in [5, 5.41) is 4.61. The molecular formula is C61H43NO. The Kier molecular flexibility index (Phi) is 8.55. The van der Waals surface area contributed by atoms with E-state index in [0.717, 1.165) is 61.3 Å². The lowest BCUT2D eigenvalue weighted by Crippen LogP contribution is -2.16. The molecule has 1 aromatic heterocycles. The highest BCUT2D eigenvalue weighted by atomic mass is 16.3. The number of nitrogens with zero attached hydrogens (tertiary/aromatic N) is 1. The predicted octanol–water partition coefficient (Wildman–Crippen LogP) is 17.2. The Bertz CT molecular complexity index is 3490. The van der Waals surface area contributed by atoms with Gasteiger partial charge in [-0.3, -0.25) is 0 Å². The monoisotopic (exact) mass is 805 g/mol. The molecule has 0 spiro atoms. The van der Waals surface area contributed by atoms with Crippen LogP contribution in [0.15, 0.2) is 229 Å². The van der Waals surface area contributed by atoms with Crippen LogP contribution in [0.2, 0.25) is 0 Å². The van der Waals surface area contributed by atoms with Crippen molar-refractivity contribution in [2.24, 2.45) is 0 Å². The van der Waals surface area contributed by atoms with Gasteiger partial charge in [-0.15, -0.1) is 0 Å². The largest absolute Gasteiger partial charge is 0.455 e. The van der Waals surface area contributed by atoms with Crippen molar-refractivity contribution in [1.29, 1.82) is 0 Å². The lowest BCUT2D eigenvalue weighted by atomic mass is 9.82. The minimum absolute atomic E-state index is 0.114. The van der Waals surface area contributed by atoms with E-state index in [0.29, 0.717) is 0 Å². The highest BCUT2D eigenvalue weighted by Crippen LogP contribution is 2.51. The zero-order valence-electron chi connectivity index (χ0n) is 35.2. The van der Waals surface area contributed by atoms with Gasteiger partial charge in [-0.25, -0.2) is 0 Å². The molecular weight excluding hydrogens is 763 g/mol. The van der Waals surface area contributed by atoms with Crippen LogP contribution in [0.3, 0.4) is 0 Å². The molecule has 0 bridgehead atoms. The number of anilines is 3. The van der Waals surface area contributed by atoms with Crippen molar-refractivity contribution in [2.75, 3.05) is 4.90 Å². The molecule has 1 aliphatic rings. The van der Waals surface area contributed by atoms with E-state index in [1.165, 1.54) is 55.3 Å². The van der Waals surface area contributed by atoms with Crippen molar-refractivity contribution >= 4 is 49.8 Å². The molecule has 0 saturated carbocycles. The molecule has 298 valence electrons. The maximum Gasteiger partial charge on any atom is 0.143 e. The van der Waals surface area contributed by atoms with Crippen LogP contribution in [0, 0.1) is 0 Å². The van der Waals surface area contributed by atoms with Gasteiger partial charge < -0.3 is 9.32 Å². The Morgan fingerprint density at radius 2 is 0.889 bits per heavy atom. The van der Waals surface area contributed by atoms with Gasteiger partial charge in [0.2, 0.25) is 0 Å². The van der Waals surface area contributed by atoms with Gasteiger partial charge in [0, 0.05) is 38.8 Å². The number of hydrogen-bond donors (Lipinski definition) is 0. The van der Waals surface area contributed by atoms with Crippen LogP contribution in [0.25, 0.3) is 88.3 Å². The van der Waals surface area contributed by atoms with Gasteiger partial charge in [0.1, 0.15) is 11.2 Å². The fourth-order valence-electron chi connectivity index (χ4n) is 10.1. The van der Waals surface area contributed by atoms with E-state index >= 15 is 0 Å². The Hall–Kier alpha value is -7.94. The number of furan rings is 1. The summed E-state index contributed by atoms with van der Waals surface area (Å²) in [6.45, 7) is 4.70. The average molecular weight is 806 g/mol. The summed E-state index contributed by atoms with van der Waals surface area (Å²) in [6, 6.07) is 81.4. The van der Waals surface area contributed by atoms with Crippen LogP contribution in [0.5, 0.6) is 0 Å². The SMILES string of the molecule is CC1(C)c2ccccc2-c2ccc(N(c3ccc(-c4ccccc4)cc3)c3ccc(-c4cccc5oc6c(-c7ccc(-c8ccccc8)cc7)c7ccccc7cc6c45)cc3)cc21. The molecule has 1 aliphatic carbocycles. The van der Waals surface area contributed by atoms with Gasteiger partial charge in [0.15, 0.2) is 0 Å². The quantitative estimate of drug-likeness (QED) is 0.160. The highest BCUT2D eigenvalue weighted by molar-refractivity contribution is 6.21. The lowest BCUT2D eigenvalue weighted by Gasteiger charge is -2.28. The number of benzene rings is 10. The first-order valence-electron chi connectivity index (χ1n) is 21.8. The molecule has 0 atom stereocenters. The van der Waals surface area contributed by atoms with Crippen molar-refractivity contribution < 1.29 is 4.42 Å². The molecule has 0 saturated heterocycles. The first-order chi connectivity index (χ1) is 31.0. The van der Waals surface area contributed by atoms with Crippen LogP contribution in [-0.2, 0) is 5.41 Å². The fourth-order valence-corrected chi connectivity index (χ4v) is 10.1. The third-order valence-corrected chi connectivity index (χ3v) is 13.3. The van der Waals surface area contributed by atoms with Crippen LogP contribution in [-0.4, -0.2) is 0 Å². The number of hydrogen-bond acceptors (Lipinski definition) is 2. The second-order valence-corrected chi connectivity index (χ2v) is 17.3. The van der Waals surface area contributed by atoms with Crippen molar-refractivity contribution in [3.8, 4) is 55.6 Å². The van der Waals surface area contributed by atoms with E-state index in [1.807, 2.05) is 0 Å². The van der Waals surface area contributed by atoms with Gasteiger partial charge in [0.25, 0.3) is 0 Å². The van der Waals surface area contributed by atoms with E-state index in [1.54, 1.807) is 0 Å². The predicted molar refractivity (Wildman–Crippen MR) is 265 cm³/mol. The van der Waals surface area contributed by atoms with Crippen LogP contribution >= 0.6 is 0 Å². The van der Waals surface area contributed by atoms with E-state index in [9.17, 15) is 0 Å². The van der Waals surface area contributed by atoms with Crippen molar-refractivity contribution in [3.05, 3.63) is 236 Å². The van der Waals surface area contributed by atoms with Crippen LogP contribution in [0.1, 0.15) is 25.0 Å². The standard InChI is InChI=1S/C61H43NO/c1-61(2)55-22-12-11-20-52(55)53-37-36-49(39-56(53)61)62(47-32-28-43(29-33-47)41-16-7-4-8-17-41)48-34-30-44(31-35-48)50-21-13-23-57-59(50)54-38-46-18-9-10-19-51(46)58(60(54)63-57)45-26-24-42(25-27-45)40-14-5-3-6-15-40/h3-39H,1-2H3. The van der Waals surface area contributed by atoms with E-state index < -0.39 is 0 Å². The van der Waals surface area contributed by atoms with E-state index in [-0.39, 0.29) is 5.41 Å². The zero-order chi connectivity index (χ0) is 42.1. The van der Waals surface area contributed by atoms with Gasteiger partial charge in [-0.1, -0.05) is 190 Å². The third kappa shape index (κ3) is 6.09. The topological polar surface area (TPSA) is 16.4 Å². The molecule has 63 heavy (non-hydrogen) atoms. The van der Waals surface area contributed by atoms with Crippen LogP contribution < -0.4 is 4.90 Å². The summed E-state index contributed by atoms with van der Waals surface area (Å²) >= 11 is 0. The zero-order valence-corrected chi connectivity index (χ0v) is 35.2. The molecule has 0 N–H and O–H groups in total. The lowest BCUT2D eigenvalue weighted by molar-refractivity contribution is 0.660. The van der Waals surface area contributed by atoms with Crippen LogP contribution in [0.4, 0.5) is 17.1 Å². The third-order valence-electron chi connectivity index (χ3n) is 13.3. The van der Waals surface area contributed by atoms with Gasteiger partial charge in [-0.2, -0.15) is 0 Å². The summed E-state index contributed by atoms with van der Waals surface area (Å²) in [5.41, 5.74) is 19.7. The maximum absolute atomic E-state index is 6.91. The van der Waals surface area contributed by atoms with Crippen molar-refractivity contribution in [2.45, 2.75) is 19.3 Å². The van der Waals surface area contributed by atoms with Crippen molar-refractivity contribution in [1.82, 2.24) is 0 Å². The summed E-state index contributed by atoms with van der Waals surface area (Å²) in [4.78, 5) is 2.40. The maximum atomic E-state index is 6.91. The fraction of sp³-hybridized carbons (Fsp3) is 0.0492. The second kappa shape index (κ2) is 14.6. The molecule has 0 aliphatic heterocycles. The molecule has 11 aromatic rings. The molecule has 2 nitrogen and oxygen atoms in total. The summed E-state index contributed by atoms with van der Waals surface area (Å²) in [5.74, 6) is 0. The molecule has 0 fully saturated rings. The minimum atomic E-state index is -0.114.